The van der Waals surface area contributed by atoms with Gasteiger partial charge in [-0.2, -0.15) is 0 Å². The SMILES string of the molecule is Cl.Cl.O[C@@H]1CN(Cc2c(F)cccc2Cl)CC[C@H]1NCCCN1CCOCC1. The maximum Gasteiger partial charge on any atom is 0.129 e. The summed E-state index contributed by atoms with van der Waals surface area (Å²) in [6.07, 6.45) is 1.47. The van der Waals surface area contributed by atoms with Crippen LogP contribution in [0.1, 0.15) is 18.4 Å². The van der Waals surface area contributed by atoms with E-state index in [2.05, 4.69) is 15.1 Å². The number of aliphatic hydroxyl groups is 1. The second-order valence-corrected chi connectivity index (χ2v) is 7.57. The lowest BCUT2D eigenvalue weighted by molar-refractivity contribution is 0.0315. The quantitative estimate of drug-likeness (QED) is 0.615. The molecule has 2 fully saturated rings. The lowest BCUT2D eigenvalue weighted by Crippen LogP contribution is -2.52. The van der Waals surface area contributed by atoms with Gasteiger partial charge in [0.05, 0.1) is 19.3 Å². The Bertz CT molecular complexity index is 559. The van der Waals surface area contributed by atoms with Crippen LogP contribution in [-0.4, -0.2) is 79.5 Å². The molecule has 2 aliphatic heterocycles. The van der Waals surface area contributed by atoms with Gasteiger partial charge in [0.25, 0.3) is 0 Å². The van der Waals surface area contributed by atoms with Gasteiger partial charge < -0.3 is 15.2 Å². The number of morpholine rings is 1. The monoisotopic (exact) mass is 457 g/mol. The highest BCUT2D eigenvalue weighted by molar-refractivity contribution is 6.31. The van der Waals surface area contributed by atoms with E-state index in [1.165, 1.54) is 6.07 Å². The van der Waals surface area contributed by atoms with Crippen molar-refractivity contribution < 1.29 is 14.2 Å². The van der Waals surface area contributed by atoms with Gasteiger partial charge in [0.2, 0.25) is 0 Å². The predicted octanol–water partition coefficient (Wildman–Crippen LogP) is 2.57. The van der Waals surface area contributed by atoms with Crippen molar-refractivity contribution in [3.8, 4) is 0 Å². The number of hydrogen-bond acceptors (Lipinski definition) is 5. The molecule has 3 rings (SSSR count). The summed E-state index contributed by atoms with van der Waals surface area (Å²) >= 11 is 6.11. The van der Waals surface area contributed by atoms with Crippen molar-refractivity contribution >= 4 is 36.4 Å². The zero-order valence-electron chi connectivity index (χ0n) is 16.0. The van der Waals surface area contributed by atoms with Gasteiger partial charge in [-0.05, 0) is 38.1 Å². The van der Waals surface area contributed by atoms with Gasteiger partial charge in [0.1, 0.15) is 5.82 Å². The molecular formula is C19H31Cl3FN3O2. The molecule has 0 aromatic heterocycles. The minimum absolute atomic E-state index is 0. The molecule has 2 atom stereocenters. The number of aliphatic hydroxyl groups excluding tert-OH is 1. The molecule has 2 N–H and O–H groups in total. The number of piperidine rings is 1. The van der Waals surface area contributed by atoms with E-state index in [-0.39, 0.29) is 36.7 Å². The first-order chi connectivity index (χ1) is 12.6. The van der Waals surface area contributed by atoms with Gasteiger partial charge in [0, 0.05) is 49.4 Å². The van der Waals surface area contributed by atoms with Crippen LogP contribution >= 0.6 is 36.4 Å². The summed E-state index contributed by atoms with van der Waals surface area (Å²) in [5.74, 6) is -0.282. The van der Waals surface area contributed by atoms with E-state index in [1.54, 1.807) is 12.1 Å². The second kappa shape index (κ2) is 13.2. The Morgan fingerprint density at radius 2 is 1.93 bits per heavy atom. The number of nitrogens with one attached hydrogen (secondary N) is 1. The molecule has 0 aliphatic carbocycles. The summed E-state index contributed by atoms with van der Waals surface area (Å²) in [6.45, 7) is 7.45. The maximum absolute atomic E-state index is 13.9. The number of benzene rings is 1. The van der Waals surface area contributed by atoms with E-state index in [0.29, 0.717) is 23.7 Å². The lowest BCUT2D eigenvalue weighted by atomic mass is 10.0. The second-order valence-electron chi connectivity index (χ2n) is 7.16. The van der Waals surface area contributed by atoms with E-state index in [4.69, 9.17) is 16.3 Å². The van der Waals surface area contributed by atoms with Gasteiger partial charge in [-0.1, -0.05) is 17.7 Å². The van der Waals surface area contributed by atoms with E-state index >= 15 is 0 Å². The number of β-amino-alcohol motifs (C(OH)–C–C–N with tert-alkyl or cyclic N) is 1. The highest BCUT2D eigenvalue weighted by Crippen LogP contribution is 2.22. The van der Waals surface area contributed by atoms with Gasteiger partial charge in [-0.25, -0.2) is 4.39 Å². The van der Waals surface area contributed by atoms with E-state index in [0.717, 1.165) is 58.8 Å². The van der Waals surface area contributed by atoms with Crippen LogP contribution in [0.4, 0.5) is 4.39 Å². The van der Waals surface area contributed by atoms with Gasteiger partial charge in [-0.3, -0.25) is 9.80 Å². The molecule has 0 saturated carbocycles. The average Bonchev–Trinajstić information content (AvgIpc) is 2.64. The van der Waals surface area contributed by atoms with Crippen molar-refractivity contribution in [2.45, 2.75) is 31.5 Å². The van der Waals surface area contributed by atoms with Gasteiger partial charge >= 0.3 is 0 Å². The molecule has 162 valence electrons. The summed E-state index contributed by atoms with van der Waals surface area (Å²) < 4.78 is 19.3. The number of likely N-dealkylation sites (tertiary alicyclic amines) is 1. The van der Waals surface area contributed by atoms with Crippen molar-refractivity contribution in [2.24, 2.45) is 0 Å². The van der Waals surface area contributed by atoms with Crippen LogP contribution < -0.4 is 5.32 Å². The van der Waals surface area contributed by atoms with Crippen LogP contribution in [0.3, 0.4) is 0 Å². The predicted molar refractivity (Wildman–Crippen MR) is 115 cm³/mol. The Labute approximate surface area is 184 Å². The summed E-state index contributed by atoms with van der Waals surface area (Å²) in [5, 5.41) is 14.4. The Balaban J connectivity index is 0.00000196. The summed E-state index contributed by atoms with van der Waals surface area (Å²) in [4.78, 5) is 4.49. The Morgan fingerprint density at radius 1 is 1.18 bits per heavy atom. The molecule has 0 amide bonds. The highest BCUT2D eigenvalue weighted by atomic mass is 35.5. The molecule has 28 heavy (non-hydrogen) atoms. The normalized spacial score (nSPS) is 23.7. The van der Waals surface area contributed by atoms with Crippen molar-refractivity contribution in [2.75, 3.05) is 52.5 Å². The first-order valence-electron chi connectivity index (χ1n) is 9.50. The topological polar surface area (TPSA) is 48.0 Å². The van der Waals surface area contributed by atoms with Gasteiger partial charge in [0.15, 0.2) is 0 Å². The van der Waals surface area contributed by atoms with E-state index in [9.17, 15) is 9.50 Å². The molecule has 0 radical (unpaired) electrons. The average molecular weight is 459 g/mol. The third-order valence-electron chi connectivity index (χ3n) is 5.27. The summed E-state index contributed by atoms with van der Waals surface area (Å²) in [6, 6.07) is 4.86. The number of nitrogens with zero attached hydrogens (tertiary/aromatic N) is 2. The van der Waals surface area contributed by atoms with Crippen LogP contribution in [-0.2, 0) is 11.3 Å². The molecule has 2 aliphatic rings. The smallest absolute Gasteiger partial charge is 0.129 e. The van der Waals surface area contributed by atoms with E-state index < -0.39 is 6.10 Å². The molecular weight excluding hydrogens is 428 g/mol. The van der Waals surface area contributed by atoms with Crippen molar-refractivity contribution in [3.63, 3.8) is 0 Å². The minimum Gasteiger partial charge on any atom is -0.390 e. The number of halogens is 4. The molecule has 1 aromatic rings. The molecule has 0 spiro atoms. The van der Waals surface area contributed by atoms with E-state index in [1.807, 2.05) is 0 Å². The Hall–Kier alpha value is -0.180. The lowest BCUT2D eigenvalue weighted by Gasteiger charge is -2.36. The number of rotatable bonds is 7. The van der Waals surface area contributed by atoms with Crippen LogP contribution in [0.25, 0.3) is 0 Å². The fourth-order valence-corrected chi connectivity index (χ4v) is 3.92. The van der Waals surface area contributed by atoms with Crippen molar-refractivity contribution in [1.29, 1.82) is 0 Å². The fourth-order valence-electron chi connectivity index (χ4n) is 3.70. The van der Waals surface area contributed by atoms with Crippen molar-refractivity contribution in [1.82, 2.24) is 15.1 Å². The van der Waals surface area contributed by atoms with Crippen LogP contribution in [0, 0.1) is 5.82 Å². The van der Waals surface area contributed by atoms with Crippen LogP contribution in [0.5, 0.6) is 0 Å². The molecule has 0 unspecified atom stereocenters. The third kappa shape index (κ3) is 7.58. The molecule has 0 bridgehead atoms. The van der Waals surface area contributed by atoms with Crippen molar-refractivity contribution in [3.05, 3.63) is 34.6 Å². The fraction of sp³-hybridized carbons (Fsp3) is 0.684. The van der Waals surface area contributed by atoms with Crippen LogP contribution in [0.2, 0.25) is 5.02 Å². The number of ether oxygens (including phenoxy) is 1. The summed E-state index contributed by atoms with van der Waals surface area (Å²) in [7, 11) is 0. The maximum atomic E-state index is 13.9. The largest absolute Gasteiger partial charge is 0.390 e. The Kier molecular flexibility index (Phi) is 12.2. The zero-order chi connectivity index (χ0) is 18.4. The number of hydrogen-bond donors (Lipinski definition) is 2. The molecule has 1 aromatic carbocycles. The first-order valence-corrected chi connectivity index (χ1v) is 9.88. The zero-order valence-corrected chi connectivity index (χ0v) is 18.4. The van der Waals surface area contributed by atoms with Crippen LogP contribution in [0.15, 0.2) is 18.2 Å². The molecule has 9 heteroatoms. The summed E-state index contributed by atoms with van der Waals surface area (Å²) in [5.41, 5.74) is 0.512. The van der Waals surface area contributed by atoms with Gasteiger partial charge in [-0.15, -0.1) is 24.8 Å². The first kappa shape index (κ1) is 25.9. The Morgan fingerprint density at radius 3 is 2.61 bits per heavy atom. The third-order valence-corrected chi connectivity index (χ3v) is 5.62. The molecule has 5 nitrogen and oxygen atoms in total. The standard InChI is InChI=1S/C19H29ClFN3O2.2ClH/c20-16-3-1-4-17(21)15(16)13-24-8-5-18(19(25)14-24)22-6-2-7-23-9-11-26-12-10-23;;/h1,3-4,18-19,22,25H,2,5-14H2;2*1H/t18-,19-;;/m1../s1. The molecule has 2 heterocycles. The minimum atomic E-state index is -0.447. The highest BCUT2D eigenvalue weighted by Gasteiger charge is 2.28. The molecule has 2 saturated heterocycles.